The van der Waals surface area contributed by atoms with Gasteiger partial charge < -0.3 is 5.11 Å². The number of Topliss-reactive ketones (excluding diaryl/α,β-unsaturated/α-hetero) is 1. The lowest BCUT2D eigenvalue weighted by Crippen LogP contribution is -2.51. The Labute approximate surface area is 111 Å². The van der Waals surface area contributed by atoms with Gasteiger partial charge in [-0.15, -0.1) is 0 Å². The lowest BCUT2D eigenvalue weighted by Gasteiger charge is -2.42. The molecule has 3 atom stereocenters. The van der Waals surface area contributed by atoms with Crippen LogP contribution in [0, 0.1) is 0 Å². The van der Waals surface area contributed by atoms with E-state index in [2.05, 4.69) is 4.90 Å². The Hall–Kier alpha value is -0.410. The molecule has 1 saturated carbocycles. The van der Waals surface area contributed by atoms with E-state index in [1.54, 1.807) is 6.92 Å². The molecule has 2 fully saturated rings. The van der Waals surface area contributed by atoms with Gasteiger partial charge in [0.15, 0.2) is 0 Å². The lowest BCUT2D eigenvalue weighted by molar-refractivity contribution is -0.119. The molecule has 2 aliphatic rings. The summed E-state index contributed by atoms with van der Waals surface area (Å²) in [5.41, 5.74) is 0. The van der Waals surface area contributed by atoms with Gasteiger partial charge in [-0.3, -0.25) is 9.69 Å². The van der Waals surface area contributed by atoms with Crippen molar-refractivity contribution in [3.05, 3.63) is 0 Å². The van der Waals surface area contributed by atoms with Gasteiger partial charge in [0.2, 0.25) is 0 Å². The largest absolute Gasteiger partial charge is 0.391 e. The highest BCUT2D eigenvalue weighted by atomic mass is 16.3. The first kappa shape index (κ1) is 14.0. The molecule has 18 heavy (non-hydrogen) atoms. The predicted octanol–water partition coefficient (Wildman–Crippen LogP) is 2.51. The molecule has 0 amide bonds. The summed E-state index contributed by atoms with van der Waals surface area (Å²) in [6.45, 7) is 2.76. The van der Waals surface area contributed by atoms with Gasteiger partial charge in [0.1, 0.15) is 5.78 Å². The number of hydrogen-bond donors (Lipinski definition) is 1. The van der Waals surface area contributed by atoms with Crippen LogP contribution in [0.15, 0.2) is 0 Å². The average molecular weight is 253 g/mol. The summed E-state index contributed by atoms with van der Waals surface area (Å²) in [5, 5.41) is 10.3. The molecule has 1 saturated heterocycles. The molecule has 0 aromatic carbocycles. The van der Waals surface area contributed by atoms with Gasteiger partial charge in [-0.2, -0.15) is 0 Å². The van der Waals surface area contributed by atoms with E-state index in [0.29, 0.717) is 18.5 Å². The van der Waals surface area contributed by atoms with E-state index in [1.807, 2.05) is 0 Å². The normalized spacial score (nSPS) is 35.1. The zero-order valence-electron chi connectivity index (χ0n) is 11.6. The fourth-order valence-corrected chi connectivity index (χ4v) is 3.67. The van der Waals surface area contributed by atoms with Crippen LogP contribution in [0.2, 0.25) is 0 Å². The molecule has 1 aliphatic heterocycles. The SMILES string of the molecule is CC(=O)CC1CCCCN1C1CCCCCC1O. The Balaban J connectivity index is 2.03. The highest BCUT2D eigenvalue weighted by Crippen LogP contribution is 2.29. The van der Waals surface area contributed by atoms with Gasteiger partial charge in [-0.05, 0) is 39.2 Å². The Kier molecular flexibility index (Phi) is 5.19. The standard InChI is InChI=1S/C15H27NO2/c1-12(17)11-13-7-5-6-10-16(13)14-8-3-2-4-9-15(14)18/h13-15,18H,2-11H2,1H3. The van der Waals surface area contributed by atoms with Crippen molar-refractivity contribution in [1.29, 1.82) is 0 Å². The van der Waals surface area contributed by atoms with Crippen molar-refractivity contribution >= 4 is 5.78 Å². The summed E-state index contributed by atoms with van der Waals surface area (Å²) in [5.74, 6) is 0.287. The van der Waals surface area contributed by atoms with E-state index in [4.69, 9.17) is 0 Å². The van der Waals surface area contributed by atoms with Crippen molar-refractivity contribution in [2.45, 2.75) is 82.9 Å². The molecule has 1 N–H and O–H groups in total. The third kappa shape index (κ3) is 3.55. The number of carbonyl (C=O) groups is 1. The summed E-state index contributed by atoms with van der Waals surface area (Å²) < 4.78 is 0. The molecule has 2 rings (SSSR count). The third-order valence-electron chi connectivity index (χ3n) is 4.57. The van der Waals surface area contributed by atoms with Crippen molar-refractivity contribution in [2.75, 3.05) is 6.54 Å². The number of aliphatic hydroxyl groups excluding tert-OH is 1. The highest BCUT2D eigenvalue weighted by Gasteiger charge is 2.33. The summed E-state index contributed by atoms with van der Waals surface area (Å²) in [4.78, 5) is 13.9. The summed E-state index contributed by atoms with van der Waals surface area (Å²) in [7, 11) is 0. The van der Waals surface area contributed by atoms with Crippen LogP contribution in [0.25, 0.3) is 0 Å². The maximum absolute atomic E-state index is 11.4. The Morgan fingerprint density at radius 2 is 1.83 bits per heavy atom. The van der Waals surface area contributed by atoms with Crippen molar-refractivity contribution in [2.24, 2.45) is 0 Å². The minimum atomic E-state index is -0.181. The molecule has 0 spiro atoms. The van der Waals surface area contributed by atoms with Crippen molar-refractivity contribution in [1.82, 2.24) is 4.90 Å². The average Bonchev–Trinajstić information content (AvgIpc) is 2.54. The Morgan fingerprint density at radius 3 is 2.61 bits per heavy atom. The third-order valence-corrected chi connectivity index (χ3v) is 4.57. The van der Waals surface area contributed by atoms with Gasteiger partial charge in [-0.1, -0.05) is 25.7 Å². The van der Waals surface area contributed by atoms with E-state index in [-0.39, 0.29) is 11.9 Å². The summed E-state index contributed by atoms with van der Waals surface area (Å²) >= 11 is 0. The molecule has 3 heteroatoms. The predicted molar refractivity (Wildman–Crippen MR) is 72.5 cm³/mol. The number of hydrogen-bond acceptors (Lipinski definition) is 3. The molecule has 3 nitrogen and oxygen atoms in total. The fraction of sp³-hybridized carbons (Fsp3) is 0.933. The topological polar surface area (TPSA) is 40.5 Å². The number of likely N-dealkylation sites (tertiary alicyclic amines) is 1. The first-order valence-electron chi connectivity index (χ1n) is 7.61. The monoisotopic (exact) mass is 253 g/mol. The minimum absolute atomic E-state index is 0.181. The summed E-state index contributed by atoms with van der Waals surface area (Å²) in [6, 6.07) is 0.686. The first-order valence-corrected chi connectivity index (χ1v) is 7.61. The van der Waals surface area contributed by atoms with Crippen LogP contribution < -0.4 is 0 Å². The molecule has 0 bridgehead atoms. The van der Waals surface area contributed by atoms with E-state index in [0.717, 1.165) is 32.2 Å². The maximum atomic E-state index is 11.4. The van der Waals surface area contributed by atoms with Crippen LogP contribution in [0.4, 0.5) is 0 Å². The Morgan fingerprint density at radius 1 is 1.11 bits per heavy atom. The van der Waals surface area contributed by atoms with E-state index < -0.39 is 0 Å². The van der Waals surface area contributed by atoms with Crippen LogP contribution in [0.1, 0.15) is 64.7 Å². The van der Waals surface area contributed by atoms with Gasteiger partial charge in [0.25, 0.3) is 0 Å². The molecule has 3 unspecified atom stereocenters. The van der Waals surface area contributed by atoms with Crippen LogP contribution in [0.3, 0.4) is 0 Å². The minimum Gasteiger partial charge on any atom is -0.391 e. The van der Waals surface area contributed by atoms with E-state index in [9.17, 15) is 9.90 Å². The smallest absolute Gasteiger partial charge is 0.131 e. The first-order chi connectivity index (χ1) is 8.68. The van der Waals surface area contributed by atoms with E-state index >= 15 is 0 Å². The van der Waals surface area contributed by atoms with Crippen LogP contribution in [0.5, 0.6) is 0 Å². The lowest BCUT2D eigenvalue weighted by atomic mass is 9.92. The molecule has 104 valence electrons. The van der Waals surface area contributed by atoms with Gasteiger partial charge in [0, 0.05) is 18.5 Å². The number of aliphatic hydroxyl groups is 1. The van der Waals surface area contributed by atoms with Crippen molar-refractivity contribution in [3.63, 3.8) is 0 Å². The molecule has 1 heterocycles. The molecule has 0 radical (unpaired) electrons. The number of carbonyl (C=O) groups excluding carboxylic acids is 1. The summed E-state index contributed by atoms with van der Waals surface area (Å²) in [6.07, 6.45) is 9.75. The second-order valence-corrected chi connectivity index (χ2v) is 6.07. The van der Waals surface area contributed by atoms with Gasteiger partial charge in [0.05, 0.1) is 6.10 Å². The molecular weight excluding hydrogens is 226 g/mol. The molecular formula is C15H27NO2. The quantitative estimate of drug-likeness (QED) is 0.786. The van der Waals surface area contributed by atoms with Gasteiger partial charge in [-0.25, -0.2) is 0 Å². The van der Waals surface area contributed by atoms with Crippen LogP contribution in [-0.4, -0.2) is 40.5 Å². The number of rotatable bonds is 3. The number of ketones is 1. The Bertz CT molecular complexity index is 280. The van der Waals surface area contributed by atoms with E-state index in [1.165, 1.54) is 25.7 Å². The highest BCUT2D eigenvalue weighted by molar-refractivity contribution is 5.76. The van der Waals surface area contributed by atoms with Gasteiger partial charge >= 0.3 is 0 Å². The second-order valence-electron chi connectivity index (χ2n) is 6.07. The van der Waals surface area contributed by atoms with Crippen LogP contribution >= 0.6 is 0 Å². The van der Waals surface area contributed by atoms with Crippen molar-refractivity contribution < 1.29 is 9.90 Å². The maximum Gasteiger partial charge on any atom is 0.131 e. The molecule has 1 aliphatic carbocycles. The van der Waals surface area contributed by atoms with Crippen molar-refractivity contribution in [3.8, 4) is 0 Å². The zero-order chi connectivity index (χ0) is 13.0. The zero-order valence-corrected chi connectivity index (χ0v) is 11.6. The second kappa shape index (κ2) is 6.67. The number of nitrogens with zero attached hydrogens (tertiary/aromatic N) is 1. The number of piperidine rings is 1. The molecule has 0 aromatic rings. The van der Waals surface area contributed by atoms with Crippen LogP contribution in [-0.2, 0) is 4.79 Å². The molecule has 0 aromatic heterocycles. The fourth-order valence-electron chi connectivity index (χ4n) is 3.67.